The third kappa shape index (κ3) is 4.98. The Morgan fingerprint density at radius 2 is 2.06 bits per heavy atom. The van der Waals surface area contributed by atoms with Crippen molar-refractivity contribution in [1.82, 2.24) is 15.3 Å². The van der Waals surface area contributed by atoms with E-state index in [9.17, 15) is 4.79 Å². The Morgan fingerprint density at radius 3 is 2.88 bits per heavy atom. The Morgan fingerprint density at radius 1 is 1.21 bits per heavy atom. The minimum atomic E-state index is -0.168. The van der Waals surface area contributed by atoms with Gasteiger partial charge in [0.15, 0.2) is 18.2 Å². The molecule has 1 aliphatic carbocycles. The fourth-order valence-corrected chi connectivity index (χ4v) is 5.01. The number of aromatic nitrogens is 2. The molecule has 8 heteroatoms. The summed E-state index contributed by atoms with van der Waals surface area (Å²) in [7, 11) is 1.68. The lowest BCUT2D eigenvalue weighted by Crippen LogP contribution is -2.39. The van der Waals surface area contributed by atoms with Crippen LogP contribution in [0.3, 0.4) is 0 Å². The Labute approximate surface area is 199 Å². The van der Waals surface area contributed by atoms with Crippen LogP contribution in [0.5, 0.6) is 11.5 Å². The first-order valence-electron chi connectivity index (χ1n) is 11.9. The number of nitrogens with zero attached hydrogens (tertiary/aromatic N) is 2. The van der Waals surface area contributed by atoms with Crippen LogP contribution in [0, 0.1) is 5.92 Å². The summed E-state index contributed by atoms with van der Waals surface area (Å²) in [5.41, 5.74) is 9.79. The molecule has 0 spiro atoms. The van der Waals surface area contributed by atoms with E-state index in [1.165, 1.54) is 5.56 Å². The molecule has 5 rings (SSSR count). The van der Waals surface area contributed by atoms with E-state index in [-0.39, 0.29) is 18.6 Å². The van der Waals surface area contributed by atoms with E-state index < -0.39 is 0 Å². The average molecular weight is 462 g/mol. The van der Waals surface area contributed by atoms with Crippen molar-refractivity contribution in [1.29, 1.82) is 0 Å². The molecule has 1 saturated carbocycles. The summed E-state index contributed by atoms with van der Waals surface area (Å²) < 4.78 is 10.8. The number of fused-ring (bicyclic) bond motifs is 2. The monoisotopic (exact) mass is 461 g/mol. The van der Waals surface area contributed by atoms with Gasteiger partial charge in [-0.15, -0.1) is 0 Å². The lowest BCUT2D eigenvalue weighted by molar-refractivity contribution is -0.118. The van der Waals surface area contributed by atoms with Crippen LogP contribution in [0.1, 0.15) is 36.9 Å². The van der Waals surface area contributed by atoms with Crippen molar-refractivity contribution in [2.24, 2.45) is 11.7 Å². The first-order chi connectivity index (χ1) is 16.6. The third-order valence-corrected chi connectivity index (χ3v) is 6.98. The number of hydrogen-bond acceptors (Lipinski definition) is 7. The van der Waals surface area contributed by atoms with Crippen LogP contribution in [0.15, 0.2) is 42.6 Å². The predicted octanol–water partition coefficient (Wildman–Crippen LogP) is 3.19. The van der Waals surface area contributed by atoms with Crippen LogP contribution in [-0.4, -0.2) is 41.7 Å². The van der Waals surface area contributed by atoms with Gasteiger partial charge in [-0.05, 0) is 80.0 Å². The maximum atomic E-state index is 11.5. The molecule has 2 aromatic heterocycles. The molecule has 1 amide bonds. The molecule has 4 N–H and O–H groups in total. The second-order valence-corrected chi connectivity index (χ2v) is 9.20. The highest BCUT2D eigenvalue weighted by molar-refractivity contribution is 5.94. The van der Waals surface area contributed by atoms with Gasteiger partial charge in [0.05, 0.1) is 18.3 Å². The maximum Gasteiger partial charge on any atom is 0.263 e. The number of rotatable bonds is 7. The zero-order chi connectivity index (χ0) is 23.5. The molecule has 3 heterocycles. The second-order valence-electron chi connectivity index (χ2n) is 9.20. The number of anilines is 1. The smallest absolute Gasteiger partial charge is 0.263 e. The molecule has 0 bridgehead atoms. The average Bonchev–Trinajstić information content (AvgIpc) is 2.87. The summed E-state index contributed by atoms with van der Waals surface area (Å²) in [6.45, 7) is 0.707. The summed E-state index contributed by atoms with van der Waals surface area (Å²) in [6.07, 6.45) is 7.09. The summed E-state index contributed by atoms with van der Waals surface area (Å²) in [6, 6.07) is 12.4. The van der Waals surface area contributed by atoms with Gasteiger partial charge < -0.3 is 25.8 Å². The highest BCUT2D eigenvalue weighted by Gasteiger charge is 2.26. The molecule has 3 aromatic rings. The Kier molecular flexibility index (Phi) is 6.60. The molecule has 0 radical (unpaired) electrons. The lowest BCUT2D eigenvalue weighted by Gasteiger charge is -2.33. The number of ether oxygens (including phenoxy) is 2. The normalized spacial score (nSPS) is 20.8. The van der Waals surface area contributed by atoms with Crippen molar-refractivity contribution in [2.45, 2.75) is 50.7 Å². The molecule has 2 aliphatic rings. The maximum absolute atomic E-state index is 11.5. The Balaban J connectivity index is 1.14. The Hall–Kier alpha value is -3.23. The SMILES string of the molecule is COc1ccc2nccc(C[C@H](N)C3CCC(NCc4ccc5c(n4)NC(=O)CO5)CC3)c2c1. The minimum Gasteiger partial charge on any atom is -0.497 e. The topological polar surface area (TPSA) is 111 Å². The van der Waals surface area contributed by atoms with E-state index in [0.717, 1.165) is 54.5 Å². The minimum absolute atomic E-state index is 0.0449. The molecule has 34 heavy (non-hydrogen) atoms. The largest absolute Gasteiger partial charge is 0.497 e. The first-order valence-corrected chi connectivity index (χ1v) is 11.9. The fourth-order valence-electron chi connectivity index (χ4n) is 5.01. The summed E-state index contributed by atoms with van der Waals surface area (Å²) in [4.78, 5) is 20.5. The zero-order valence-corrected chi connectivity index (χ0v) is 19.4. The number of hydrogen-bond donors (Lipinski definition) is 3. The first kappa shape index (κ1) is 22.6. The van der Waals surface area contributed by atoms with Crippen LogP contribution < -0.4 is 25.8 Å². The molecular formula is C26H31N5O3. The lowest BCUT2D eigenvalue weighted by atomic mass is 9.79. The molecule has 8 nitrogen and oxygen atoms in total. The van der Waals surface area contributed by atoms with Crippen molar-refractivity contribution in [3.63, 3.8) is 0 Å². The highest BCUT2D eigenvalue weighted by atomic mass is 16.5. The van der Waals surface area contributed by atoms with E-state index in [4.69, 9.17) is 15.2 Å². The molecule has 1 atom stereocenters. The van der Waals surface area contributed by atoms with Gasteiger partial charge in [0, 0.05) is 30.2 Å². The van der Waals surface area contributed by atoms with Gasteiger partial charge in [0.25, 0.3) is 5.91 Å². The van der Waals surface area contributed by atoms with Gasteiger partial charge in [-0.3, -0.25) is 9.78 Å². The van der Waals surface area contributed by atoms with Gasteiger partial charge in [-0.2, -0.15) is 0 Å². The summed E-state index contributed by atoms with van der Waals surface area (Å²) in [5, 5.41) is 7.51. The third-order valence-electron chi connectivity index (χ3n) is 6.98. The van der Waals surface area contributed by atoms with Crippen molar-refractivity contribution in [3.05, 3.63) is 53.9 Å². The van der Waals surface area contributed by atoms with Crippen LogP contribution in [0.4, 0.5) is 5.82 Å². The molecule has 0 unspecified atom stereocenters. The molecular weight excluding hydrogens is 430 g/mol. The van der Waals surface area contributed by atoms with Crippen LogP contribution >= 0.6 is 0 Å². The number of pyridine rings is 2. The number of nitrogens with two attached hydrogens (primary N) is 1. The van der Waals surface area contributed by atoms with Gasteiger partial charge in [-0.25, -0.2) is 4.98 Å². The quantitative estimate of drug-likeness (QED) is 0.495. The van der Waals surface area contributed by atoms with Gasteiger partial charge in [-0.1, -0.05) is 0 Å². The van der Waals surface area contributed by atoms with Gasteiger partial charge in [0.2, 0.25) is 0 Å². The number of carbonyl (C=O) groups excluding carboxylic acids is 1. The summed E-state index contributed by atoms with van der Waals surface area (Å²) in [5.74, 6) is 2.30. The highest BCUT2D eigenvalue weighted by Crippen LogP contribution is 2.30. The zero-order valence-electron chi connectivity index (χ0n) is 19.4. The van der Waals surface area contributed by atoms with E-state index in [0.29, 0.717) is 30.1 Å². The summed E-state index contributed by atoms with van der Waals surface area (Å²) >= 11 is 0. The van der Waals surface area contributed by atoms with E-state index in [2.05, 4.69) is 32.7 Å². The number of amides is 1. The molecule has 1 fully saturated rings. The molecule has 1 aromatic carbocycles. The van der Waals surface area contributed by atoms with Crippen molar-refractivity contribution < 1.29 is 14.3 Å². The van der Waals surface area contributed by atoms with E-state index >= 15 is 0 Å². The number of nitrogens with one attached hydrogen (secondary N) is 2. The molecule has 0 saturated heterocycles. The van der Waals surface area contributed by atoms with Crippen molar-refractivity contribution in [3.8, 4) is 11.5 Å². The van der Waals surface area contributed by atoms with Crippen LogP contribution in [-0.2, 0) is 17.8 Å². The van der Waals surface area contributed by atoms with Crippen molar-refractivity contribution >= 4 is 22.6 Å². The number of methoxy groups -OCH3 is 1. The number of benzene rings is 1. The van der Waals surface area contributed by atoms with Crippen LogP contribution in [0.25, 0.3) is 10.9 Å². The molecule has 1 aliphatic heterocycles. The van der Waals surface area contributed by atoms with Crippen molar-refractivity contribution in [2.75, 3.05) is 19.0 Å². The Bertz CT molecular complexity index is 1180. The van der Waals surface area contributed by atoms with E-state index in [1.54, 1.807) is 7.11 Å². The second kappa shape index (κ2) is 9.95. The van der Waals surface area contributed by atoms with E-state index in [1.807, 2.05) is 30.5 Å². The molecule has 178 valence electrons. The number of carbonyl (C=O) groups is 1. The van der Waals surface area contributed by atoms with Gasteiger partial charge in [0.1, 0.15) is 5.75 Å². The fraction of sp³-hybridized carbons (Fsp3) is 0.423. The standard InChI is InChI=1S/C26H31N5O3/c1-33-20-7-8-23-21(13-20)17(10-11-28-23)12-22(27)16-2-4-18(5-3-16)29-14-19-6-9-24-26(30-19)31-25(32)15-34-24/h6-11,13,16,18,22,29H,2-5,12,14-15,27H2,1H3,(H,30,31,32)/t16?,18?,22-/m0/s1. The van der Waals surface area contributed by atoms with Gasteiger partial charge >= 0.3 is 0 Å². The predicted molar refractivity (Wildman–Crippen MR) is 131 cm³/mol. The van der Waals surface area contributed by atoms with Crippen LogP contribution in [0.2, 0.25) is 0 Å².